The number of methoxy groups -OCH3 is 1. The van der Waals surface area contributed by atoms with Crippen molar-refractivity contribution in [3.05, 3.63) is 92.4 Å². The summed E-state index contributed by atoms with van der Waals surface area (Å²) in [6, 6.07) is 20.2. The summed E-state index contributed by atoms with van der Waals surface area (Å²) < 4.78 is 12.3. The number of carbonyl (C=O) groups is 1. The van der Waals surface area contributed by atoms with Crippen molar-refractivity contribution < 1.29 is 14.3 Å². The van der Waals surface area contributed by atoms with Gasteiger partial charge in [-0.15, -0.1) is 0 Å². The van der Waals surface area contributed by atoms with Crippen molar-refractivity contribution in [1.29, 1.82) is 5.26 Å². The highest BCUT2D eigenvalue weighted by molar-refractivity contribution is 9.10. The molecule has 1 N–H and O–H groups in total. The fourth-order valence-electron chi connectivity index (χ4n) is 2.87. The zero-order valence-electron chi connectivity index (χ0n) is 17.5. The van der Waals surface area contributed by atoms with Crippen LogP contribution in [0.15, 0.2) is 70.7 Å². The van der Waals surface area contributed by atoms with Crippen LogP contribution in [-0.4, -0.2) is 13.0 Å². The van der Waals surface area contributed by atoms with Crippen LogP contribution >= 0.6 is 27.5 Å². The second-order valence-electron chi connectivity index (χ2n) is 6.91. The molecule has 0 atom stereocenters. The Morgan fingerprint density at radius 1 is 1.12 bits per heavy atom. The number of amides is 1. The van der Waals surface area contributed by atoms with Gasteiger partial charge in [0.1, 0.15) is 18.2 Å². The van der Waals surface area contributed by atoms with Gasteiger partial charge < -0.3 is 14.8 Å². The fourth-order valence-corrected chi connectivity index (χ4v) is 3.31. The molecule has 0 aliphatic rings. The van der Waals surface area contributed by atoms with E-state index in [0.29, 0.717) is 34.4 Å². The molecule has 0 spiro atoms. The molecule has 162 valence electrons. The van der Waals surface area contributed by atoms with E-state index in [-0.39, 0.29) is 5.57 Å². The van der Waals surface area contributed by atoms with Crippen molar-refractivity contribution in [2.45, 2.75) is 13.5 Å². The molecule has 3 rings (SSSR count). The number of halogens is 2. The molecule has 3 aromatic carbocycles. The van der Waals surface area contributed by atoms with Crippen LogP contribution in [-0.2, 0) is 11.4 Å². The molecule has 5 nitrogen and oxygen atoms in total. The zero-order chi connectivity index (χ0) is 23.1. The van der Waals surface area contributed by atoms with Gasteiger partial charge in [-0.25, -0.2) is 0 Å². The van der Waals surface area contributed by atoms with Gasteiger partial charge in [0.2, 0.25) is 0 Å². The average molecular weight is 512 g/mol. The molecular weight excluding hydrogens is 492 g/mol. The number of hydrogen-bond donors (Lipinski definition) is 1. The minimum atomic E-state index is -0.521. The topological polar surface area (TPSA) is 71.3 Å². The molecular formula is C25H20BrClN2O3. The lowest BCUT2D eigenvalue weighted by atomic mass is 10.1. The van der Waals surface area contributed by atoms with E-state index in [2.05, 4.69) is 21.2 Å². The lowest BCUT2D eigenvalue weighted by Crippen LogP contribution is -2.14. The highest BCUT2D eigenvalue weighted by Gasteiger charge is 2.13. The minimum absolute atomic E-state index is 0.0463. The second kappa shape index (κ2) is 10.9. The van der Waals surface area contributed by atoms with Gasteiger partial charge in [0, 0.05) is 15.2 Å². The zero-order valence-corrected chi connectivity index (χ0v) is 19.8. The van der Waals surface area contributed by atoms with E-state index in [9.17, 15) is 10.1 Å². The number of nitrogens with one attached hydrogen (secondary N) is 1. The maximum Gasteiger partial charge on any atom is 0.266 e. The van der Waals surface area contributed by atoms with E-state index in [0.717, 1.165) is 15.6 Å². The van der Waals surface area contributed by atoms with Gasteiger partial charge in [0.15, 0.2) is 11.5 Å². The van der Waals surface area contributed by atoms with Crippen LogP contribution in [0.5, 0.6) is 11.5 Å². The molecule has 0 bridgehead atoms. The molecule has 0 aliphatic heterocycles. The molecule has 0 aromatic heterocycles. The largest absolute Gasteiger partial charge is 0.493 e. The van der Waals surface area contributed by atoms with Crippen molar-refractivity contribution >= 4 is 45.2 Å². The van der Waals surface area contributed by atoms with Crippen LogP contribution in [0.1, 0.15) is 16.7 Å². The summed E-state index contributed by atoms with van der Waals surface area (Å²) in [5, 5.41) is 12.7. The van der Waals surface area contributed by atoms with Gasteiger partial charge in [-0.2, -0.15) is 5.26 Å². The lowest BCUT2D eigenvalue weighted by molar-refractivity contribution is -0.112. The lowest BCUT2D eigenvalue weighted by Gasteiger charge is -2.12. The Balaban J connectivity index is 1.76. The molecule has 0 saturated carbocycles. The Hall–Kier alpha value is -3.27. The molecule has 0 fully saturated rings. The Kier molecular flexibility index (Phi) is 7.93. The summed E-state index contributed by atoms with van der Waals surface area (Å²) in [4.78, 5) is 12.6. The number of nitrogens with zero attached hydrogens (tertiary/aromatic N) is 1. The highest BCUT2D eigenvalue weighted by Crippen LogP contribution is 2.30. The van der Waals surface area contributed by atoms with Gasteiger partial charge in [-0.3, -0.25) is 4.79 Å². The molecule has 0 saturated heterocycles. The SMILES string of the molecule is COc1cc(/C=C(\C#N)C(=O)Nc2cc(Cl)ccc2C)ccc1OCc1ccc(Br)cc1. The van der Waals surface area contributed by atoms with Crippen molar-refractivity contribution in [1.82, 2.24) is 0 Å². The summed E-state index contributed by atoms with van der Waals surface area (Å²) >= 11 is 9.41. The van der Waals surface area contributed by atoms with Crippen LogP contribution in [0.25, 0.3) is 6.08 Å². The number of rotatable bonds is 7. The maximum absolute atomic E-state index is 12.6. The molecule has 1 amide bonds. The number of carbonyl (C=O) groups excluding carboxylic acids is 1. The highest BCUT2D eigenvalue weighted by atomic mass is 79.9. The predicted octanol–water partition coefficient (Wildman–Crippen LogP) is 6.54. The number of anilines is 1. The second-order valence-corrected chi connectivity index (χ2v) is 8.26. The minimum Gasteiger partial charge on any atom is -0.493 e. The van der Waals surface area contributed by atoms with Gasteiger partial charge in [0.25, 0.3) is 5.91 Å². The molecule has 0 radical (unpaired) electrons. The predicted molar refractivity (Wildman–Crippen MR) is 130 cm³/mol. The normalized spacial score (nSPS) is 10.9. The smallest absolute Gasteiger partial charge is 0.266 e. The Bertz CT molecular complexity index is 1200. The third kappa shape index (κ3) is 6.13. The van der Waals surface area contributed by atoms with E-state index in [1.807, 2.05) is 37.3 Å². The van der Waals surface area contributed by atoms with Crippen molar-refractivity contribution in [3.8, 4) is 17.6 Å². The summed E-state index contributed by atoms with van der Waals surface area (Å²) in [5.41, 5.74) is 2.99. The first kappa shape index (κ1) is 23.4. The maximum atomic E-state index is 12.6. The molecule has 3 aromatic rings. The van der Waals surface area contributed by atoms with Crippen LogP contribution in [0, 0.1) is 18.3 Å². The van der Waals surface area contributed by atoms with Gasteiger partial charge in [-0.05, 0) is 66.1 Å². The molecule has 7 heteroatoms. The summed E-state index contributed by atoms with van der Waals surface area (Å²) in [6.45, 7) is 2.23. The van der Waals surface area contributed by atoms with E-state index in [1.165, 1.54) is 13.2 Å². The molecule has 0 unspecified atom stereocenters. The quantitative estimate of drug-likeness (QED) is 0.289. The summed E-state index contributed by atoms with van der Waals surface area (Å²) in [7, 11) is 1.54. The molecule has 0 aliphatic carbocycles. The first-order valence-corrected chi connectivity index (χ1v) is 10.8. The molecule has 32 heavy (non-hydrogen) atoms. The first-order chi connectivity index (χ1) is 15.4. The van der Waals surface area contributed by atoms with Crippen molar-refractivity contribution in [2.75, 3.05) is 12.4 Å². The third-order valence-electron chi connectivity index (χ3n) is 4.62. The van der Waals surface area contributed by atoms with Gasteiger partial charge >= 0.3 is 0 Å². The van der Waals surface area contributed by atoms with Crippen LogP contribution < -0.4 is 14.8 Å². The van der Waals surface area contributed by atoms with E-state index in [1.54, 1.807) is 36.4 Å². The Morgan fingerprint density at radius 3 is 2.56 bits per heavy atom. The standard InChI is InChI=1S/C25H20BrClN2O3/c1-16-3-9-21(27)13-22(16)29-25(30)19(14-28)11-18-6-10-23(24(12-18)31-2)32-15-17-4-7-20(26)8-5-17/h3-13H,15H2,1-2H3,(H,29,30)/b19-11+. The van der Waals surface area contributed by atoms with E-state index >= 15 is 0 Å². The van der Waals surface area contributed by atoms with E-state index in [4.69, 9.17) is 21.1 Å². The summed E-state index contributed by atoms with van der Waals surface area (Å²) in [5.74, 6) is 0.539. The Morgan fingerprint density at radius 2 is 1.88 bits per heavy atom. The summed E-state index contributed by atoms with van der Waals surface area (Å²) in [6.07, 6.45) is 1.50. The monoisotopic (exact) mass is 510 g/mol. The number of aryl methyl sites for hydroxylation is 1. The van der Waals surface area contributed by atoms with Gasteiger partial charge in [0.05, 0.1) is 7.11 Å². The Labute approximate surface area is 200 Å². The number of nitriles is 1. The van der Waals surface area contributed by atoms with Crippen molar-refractivity contribution in [3.63, 3.8) is 0 Å². The van der Waals surface area contributed by atoms with Gasteiger partial charge in [-0.1, -0.05) is 51.8 Å². The average Bonchev–Trinajstić information content (AvgIpc) is 2.79. The number of hydrogen-bond acceptors (Lipinski definition) is 4. The van der Waals surface area contributed by atoms with Crippen LogP contribution in [0.3, 0.4) is 0 Å². The van der Waals surface area contributed by atoms with E-state index < -0.39 is 5.91 Å². The first-order valence-electron chi connectivity index (χ1n) is 9.64. The fraction of sp³-hybridized carbons (Fsp3) is 0.120. The molecule has 0 heterocycles. The van der Waals surface area contributed by atoms with Crippen LogP contribution in [0.4, 0.5) is 5.69 Å². The number of benzene rings is 3. The van der Waals surface area contributed by atoms with Crippen LogP contribution in [0.2, 0.25) is 5.02 Å². The number of ether oxygens (including phenoxy) is 2. The third-order valence-corrected chi connectivity index (χ3v) is 5.38. The van der Waals surface area contributed by atoms with Crippen molar-refractivity contribution in [2.24, 2.45) is 0 Å².